The highest BCUT2D eigenvalue weighted by atomic mass is 16.5. The monoisotopic (exact) mass is 434 g/mol. The van der Waals surface area contributed by atoms with Crippen molar-refractivity contribution in [2.45, 2.75) is 58.2 Å². The Bertz CT molecular complexity index is 948. The topological polar surface area (TPSA) is 50.8 Å². The van der Waals surface area contributed by atoms with Gasteiger partial charge in [-0.15, -0.1) is 0 Å². The molecule has 0 saturated heterocycles. The van der Waals surface area contributed by atoms with Crippen molar-refractivity contribution < 1.29 is 14.3 Å². The summed E-state index contributed by atoms with van der Waals surface area (Å²) < 4.78 is 11.9. The van der Waals surface area contributed by atoms with Gasteiger partial charge < -0.3 is 14.8 Å². The number of carbonyl (C=O) groups excluding carboxylic acids is 1. The Morgan fingerprint density at radius 3 is 2.53 bits per heavy atom. The minimum absolute atomic E-state index is 0.202. The van der Waals surface area contributed by atoms with Gasteiger partial charge in [0.1, 0.15) is 0 Å². The molecule has 2 aliphatic carbocycles. The SMILES string of the molecule is COc1c(OCC2CCC2)ccc2c1CCN(Cc1ccc(CNC(=O)C3CC3)cc1)C2. The van der Waals surface area contributed by atoms with Gasteiger partial charge in [0, 0.05) is 37.7 Å². The summed E-state index contributed by atoms with van der Waals surface area (Å²) in [5.41, 5.74) is 5.10. The van der Waals surface area contributed by atoms with Crippen LogP contribution in [0.15, 0.2) is 36.4 Å². The Kier molecular flexibility index (Phi) is 6.35. The third-order valence-electron chi connectivity index (χ3n) is 7.14. The average Bonchev–Trinajstić information content (AvgIpc) is 3.63. The minimum atomic E-state index is 0.202. The Balaban J connectivity index is 1.17. The third kappa shape index (κ3) is 4.93. The predicted molar refractivity (Wildman–Crippen MR) is 125 cm³/mol. The summed E-state index contributed by atoms with van der Waals surface area (Å²) in [4.78, 5) is 14.3. The van der Waals surface area contributed by atoms with Crippen LogP contribution in [0.1, 0.15) is 54.4 Å². The number of carbonyl (C=O) groups is 1. The molecule has 5 heteroatoms. The zero-order valence-corrected chi connectivity index (χ0v) is 19.1. The number of rotatable bonds is 9. The lowest BCUT2D eigenvalue weighted by molar-refractivity contribution is -0.122. The molecule has 0 radical (unpaired) electrons. The smallest absolute Gasteiger partial charge is 0.223 e. The first-order chi connectivity index (χ1) is 15.7. The molecule has 1 amide bonds. The van der Waals surface area contributed by atoms with Gasteiger partial charge in [0.25, 0.3) is 0 Å². The quantitative estimate of drug-likeness (QED) is 0.633. The van der Waals surface area contributed by atoms with Crippen molar-refractivity contribution in [1.29, 1.82) is 0 Å². The normalized spacial score (nSPS) is 18.5. The van der Waals surface area contributed by atoms with Crippen LogP contribution in [-0.4, -0.2) is 31.1 Å². The van der Waals surface area contributed by atoms with Crippen LogP contribution in [-0.2, 0) is 30.8 Å². The van der Waals surface area contributed by atoms with Crippen LogP contribution in [0.2, 0.25) is 0 Å². The number of benzene rings is 2. The van der Waals surface area contributed by atoms with E-state index in [1.54, 1.807) is 7.11 Å². The number of amides is 1. The lowest BCUT2D eigenvalue weighted by Gasteiger charge is -2.31. The molecule has 5 nitrogen and oxygen atoms in total. The van der Waals surface area contributed by atoms with Gasteiger partial charge >= 0.3 is 0 Å². The molecule has 2 saturated carbocycles. The zero-order chi connectivity index (χ0) is 21.9. The molecule has 0 aromatic heterocycles. The van der Waals surface area contributed by atoms with Crippen molar-refractivity contribution in [2.24, 2.45) is 11.8 Å². The van der Waals surface area contributed by atoms with Crippen LogP contribution >= 0.6 is 0 Å². The minimum Gasteiger partial charge on any atom is -0.493 e. The number of fused-ring (bicyclic) bond motifs is 1. The summed E-state index contributed by atoms with van der Waals surface area (Å²) in [7, 11) is 1.76. The molecule has 3 aliphatic rings. The van der Waals surface area contributed by atoms with Gasteiger partial charge in [0.05, 0.1) is 13.7 Å². The molecule has 1 aliphatic heterocycles. The van der Waals surface area contributed by atoms with E-state index in [1.807, 2.05) is 0 Å². The van der Waals surface area contributed by atoms with Crippen LogP contribution in [0.4, 0.5) is 0 Å². The predicted octanol–water partition coefficient (Wildman–Crippen LogP) is 4.46. The van der Waals surface area contributed by atoms with Crippen molar-refractivity contribution in [3.63, 3.8) is 0 Å². The van der Waals surface area contributed by atoms with Crippen LogP contribution in [0.3, 0.4) is 0 Å². The summed E-state index contributed by atoms with van der Waals surface area (Å²) >= 11 is 0. The number of methoxy groups -OCH3 is 1. The zero-order valence-electron chi connectivity index (χ0n) is 19.1. The molecule has 1 heterocycles. The van der Waals surface area contributed by atoms with E-state index in [0.29, 0.717) is 12.5 Å². The van der Waals surface area contributed by atoms with Gasteiger partial charge in [0.2, 0.25) is 5.91 Å². The maximum atomic E-state index is 11.8. The molecule has 0 unspecified atom stereocenters. The molecule has 1 N–H and O–H groups in total. The number of hydrogen-bond acceptors (Lipinski definition) is 4. The highest BCUT2D eigenvalue weighted by Crippen LogP contribution is 2.38. The van der Waals surface area contributed by atoms with Gasteiger partial charge in [-0.2, -0.15) is 0 Å². The molecule has 0 spiro atoms. The lowest BCUT2D eigenvalue weighted by atomic mass is 9.86. The third-order valence-corrected chi connectivity index (χ3v) is 7.14. The van der Waals surface area contributed by atoms with E-state index in [0.717, 1.165) is 62.6 Å². The van der Waals surface area contributed by atoms with Crippen LogP contribution in [0.5, 0.6) is 11.5 Å². The first kappa shape index (κ1) is 21.3. The van der Waals surface area contributed by atoms with Crippen LogP contribution in [0, 0.1) is 11.8 Å². The molecule has 2 aromatic rings. The molecule has 2 fully saturated rings. The highest BCUT2D eigenvalue weighted by molar-refractivity contribution is 5.80. The summed E-state index contributed by atoms with van der Waals surface area (Å²) in [6.45, 7) is 4.29. The molecule has 5 rings (SSSR count). The molecular formula is C27H34N2O3. The van der Waals surface area contributed by atoms with Crippen LogP contribution in [0.25, 0.3) is 0 Å². The second kappa shape index (κ2) is 9.53. The first-order valence-corrected chi connectivity index (χ1v) is 12.1. The van der Waals surface area contributed by atoms with Crippen molar-refractivity contribution in [2.75, 3.05) is 20.3 Å². The molecule has 170 valence electrons. The van der Waals surface area contributed by atoms with E-state index in [-0.39, 0.29) is 11.8 Å². The average molecular weight is 435 g/mol. The van der Waals surface area contributed by atoms with E-state index in [9.17, 15) is 4.79 Å². The molecule has 32 heavy (non-hydrogen) atoms. The summed E-state index contributed by atoms with van der Waals surface area (Å²) in [6.07, 6.45) is 6.99. The maximum Gasteiger partial charge on any atom is 0.223 e. The molecular weight excluding hydrogens is 400 g/mol. The lowest BCUT2D eigenvalue weighted by Crippen LogP contribution is -2.30. The van der Waals surface area contributed by atoms with Crippen molar-refractivity contribution in [1.82, 2.24) is 10.2 Å². The molecule has 2 aromatic carbocycles. The van der Waals surface area contributed by atoms with Gasteiger partial charge in [-0.3, -0.25) is 9.69 Å². The Morgan fingerprint density at radius 1 is 1.06 bits per heavy atom. The van der Waals surface area contributed by atoms with Crippen molar-refractivity contribution in [3.8, 4) is 11.5 Å². The summed E-state index contributed by atoms with van der Waals surface area (Å²) in [5.74, 6) is 3.01. The van der Waals surface area contributed by atoms with E-state index >= 15 is 0 Å². The fraction of sp³-hybridized carbons (Fsp3) is 0.519. The van der Waals surface area contributed by atoms with E-state index in [2.05, 4.69) is 46.6 Å². The molecule has 0 atom stereocenters. The highest BCUT2D eigenvalue weighted by Gasteiger charge is 2.29. The van der Waals surface area contributed by atoms with E-state index in [4.69, 9.17) is 9.47 Å². The fourth-order valence-electron chi connectivity index (χ4n) is 4.70. The number of nitrogens with zero attached hydrogens (tertiary/aromatic N) is 1. The van der Waals surface area contributed by atoms with Gasteiger partial charge in [-0.05, 0) is 60.8 Å². The summed E-state index contributed by atoms with van der Waals surface area (Å²) in [5, 5.41) is 3.04. The van der Waals surface area contributed by atoms with E-state index in [1.165, 1.54) is 36.0 Å². The Morgan fingerprint density at radius 2 is 1.84 bits per heavy atom. The van der Waals surface area contributed by atoms with Crippen LogP contribution < -0.4 is 14.8 Å². The second-order valence-electron chi connectivity index (χ2n) is 9.61. The number of nitrogens with one attached hydrogen (secondary N) is 1. The van der Waals surface area contributed by atoms with Crippen molar-refractivity contribution in [3.05, 3.63) is 58.7 Å². The standard InChI is InChI=1S/C27H34N2O3/c1-31-26-24-13-14-29(17-23(24)11-12-25(26)32-18-21-3-2-4-21)16-20-7-5-19(6-8-20)15-28-27(30)22-9-10-22/h5-8,11-12,21-22H,2-4,9-10,13-18H2,1H3,(H,28,30). The van der Waals surface area contributed by atoms with E-state index < -0.39 is 0 Å². The Labute approximate surface area is 191 Å². The Hall–Kier alpha value is -2.53. The maximum absolute atomic E-state index is 11.8. The van der Waals surface area contributed by atoms with Gasteiger partial charge in [-0.1, -0.05) is 36.8 Å². The van der Waals surface area contributed by atoms with Gasteiger partial charge in [-0.25, -0.2) is 0 Å². The number of ether oxygens (including phenoxy) is 2. The first-order valence-electron chi connectivity index (χ1n) is 12.1. The second-order valence-corrected chi connectivity index (χ2v) is 9.61. The fourth-order valence-corrected chi connectivity index (χ4v) is 4.70. The summed E-state index contributed by atoms with van der Waals surface area (Å²) in [6, 6.07) is 12.9. The van der Waals surface area contributed by atoms with Crippen molar-refractivity contribution >= 4 is 5.91 Å². The largest absolute Gasteiger partial charge is 0.493 e. The molecule has 0 bridgehead atoms. The number of hydrogen-bond donors (Lipinski definition) is 1. The van der Waals surface area contributed by atoms with Gasteiger partial charge in [0.15, 0.2) is 11.5 Å².